The molecule has 1 aliphatic carbocycles. The number of nitrogens with zero attached hydrogens (tertiary/aromatic N) is 2. The van der Waals surface area contributed by atoms with Crippen molar-refractivity contribution in [1.29, 1.82) is 0 Å². The molecule has 1 aromatic heterocycles. The van der Waals surface area contributed by atoms with E-state index in [1.165, 1.54) is 6.20 Å². The molecule has 2 aliphatic rings. The molecule has 0 radical (unpaired) electrons. The fraction of sp³-hybridized carbons (Fsp3) is 0.643. The van der Waals surface area contributed by atoms with Gasteiger partial charge in [-0.1, -0.05) is 6.42 Å². The fourth-order valence-electron chi connectivity index (χ4n) is 3.55. The van der Waals surface area contributed by atoms with Crippen LogP contribution in [0.5, 0.6) is 0 Å². The molecular formula is C14H20N2O3S. The zero-order valence-electron chi connectivity index (χ0n) is 11.4. The van der Waals surface area contributed by atoms with Crippen LogP contribution in [-0.2, 0) is 10.0 Å². The molecule has 3 atom stereocenters. The summed E-state index contributed by atoms with van der Waals surface area (Å²) >= 11 is 0. The Bertz CT molecular complexity index is 561. The fourth-order valence-corrected chi connectivity index (χ4v) is 5.25. The molecule has 1 N–H and O–H groups in total. The van der Waals surface area contributed by atoms with Gasteiger partial charge in [-0.2, -0.15) is 4.31 Å². The van der Waals surface area contributed by atoms with E-state index >= 15 is 0 Å². The zero-order valence-corrected chi connectivity index (χ0v) is 12.2. The Kier molecular flexibility index (Phi) is 3.79. The first-order valence-electron chi connectivity index (χ1n) is 7.20. The van der Waals surface area contributed by atoms with Crippen LogP contribution in [0, 0.1) is 5.92 Å². The third-order valence-corrected chi connectivity index (χ3v) is 6.42. The van der Waals surface area contributed by atoms with Crippen LogP contribution in [0.15, 0.2) is 29.4 Å². The van der Waals surface area contributed by atoms with Gasteiger partial charge < -0.3 is 5.11 Å². The van der Waals surface area contributed by atoms with Crippen molar-refractivity contribution in [3.63, 3.8) is 0 Å². The average Bonchev–Trinajstić information content (AvgIpc) is 3.08. The van der Waals surface area contributed by atoms with Crippen molar-refractivity contribution in [2.24, 2.45) is 5.92 Å². The summed E-state index contributed by atoms with van der Waals surface area (Å²) < 4.78 is 27.0. The van der Waals surface area contributed by atoms with Crippen molar-refractivity contribution >= 4 is 10.0 Å². The van der Waals surface area contributed by atoms with Gasteiger partial charge in [0.25, 0.3) is 0 Å². The highest BCUT2D eigenvalue weighted by Crippen LogP contribution is 2.38. The van der Waals surface area contributed by atoms with Gasteiger partial charge in [-0.25, -0.2) is 8.42 Å². The second-order valence-corrected chi connectivity index (χ2v) is 7.57. The number of hydrogen-bond acceptors (Lipinski definition) is 4. The SMILES string of the molecule is O=S(=O)(c1cccnc1)N1CCCC1C1CCCC1O. The van der Waals surface area contributed by atoms with Crippen LogP contribution < -0.4 is 0 Å². The van der Waals surface area contributed by atoms with Crippen LogP contribution in [0.3, 0.4) is 0 Å². The predicted molar refractivity (Wildman–Crippen MR) is 74.5 cm³/mol. The minimum Gasteiger partial charge on any atom is -0.393 e. The number of aliphatic hydroxyl groups excluding tert-OH is 1. The first kappa shape index (κ1) is 14.0. The standard InChI is InChI=1S/C14H20N2O3S/c17-14-7-1-5-12(14)13-6-3-9-16(13)20(18,19)11-4-2-8-15-10-11/h2,4,8,10,12-14,17H,1,3,5-7,9H2. The van der Waals surface area contributed by atoms with E-state index in [9.17, 15) is 13.5 Å². The summed E-state index contributed by atoms with van der Waals surface area (Å²) in [5, 5.41) is 10.1. The van der Waals surface area contributed by atoms with E-state index in [-0.39, 0.29) is 23.0 Å². The van der Waals surface area contributed by atoms with Crippen LogP contribution in [0.4, 0.5) is 0 Å². The first-order valence-corrected chi connectivity index (χ1v) is 8.64. The molecule has 1 saturated carbocycles. The Morgan fingerprint density at radius 1 is 1.25 bits per heavy atom. The molecular weight excluding hydrogens is 276 g/mol. The van der Waals surface area contributed by atoms with Gasteiger partial charge in [-0.15, -0.1) is 0 Å². The van der Waals surface area contributed by atoms with Gasteiger partial charge in [-0.05, 0) is 37.8 Å². The maximum Gasteiger partial charge on any atom is 0.244 e. The minimum atomic E-state index is -3.49. The minimum absolute atomic E-state index is 0.0577. The van der Waals surface area contributed by atoms with Gasteiger partial charge in [0.15, 0.2) is 0 Å². The molecule has 0 aromatic carbocycles. The van der Waals surface area contributed by atoms with E-state index in [4.69, 9.17) is 0 Å². The quantitative estimate of drug-likeness (QED) is 0.915. The van der Waals surface area contributed by atoms with E-state index in [2.05, 4.69) is 4.98 Å². The van der Waals surface area contributed by atoms with Crippen molar-refractivity contribution in [3.05, 3.63) is 24.5 Å². The van der Waals surface area contributed by atoms with Gasteiger partial charge in [0.1, 0.15) is 4.90 Å². The van der Waals surface area contributed by atoms with Crippen molar-refractivity contribution in [2.75, 3.05) is 6.54 Å². The van der Waals surface area contributed by atoms with Crippen LogP contribution in [0.1, 0.15) is 32.1 Å². The Hall–Kier alpha value is -0.980. The third-order valence-electron chi connectivity index (χ3n) is 4.52. The Morgan fingerprint density at radius 2 is 2.10 bits per heavy atom. The lowest BCUT2D eigenvalue weighted by Gasteiger charge is -2.30. The first-order chi connectivity index (χ1) is 9.60. The molecule has 2 heterocycles. The molecule has 110 valence electrons. The van der Waals surface area contributed by atoms with Gasteiger partial charge in [0, 0.05) is 30.9 Å². The molecule has 0 spiro atoms. The Labute approximate surface area is 119 Å². The lowest BCUT2D eigenvalue weighted by molar-refractivity contribution is 0.0975. The monoisotopic (exact) mass is 296 g/mol. The van der Waals surface area contributed by atoms with Crippen molar-refractivity contribution < 1.29 is 13.5 Å². The van der Waals surface area contributed by atoms with Gasteiger partial charge in [0.05, 0.1) is 6.10 Å². The largest absolute Gasteiger partial charge is 0.393 e. The Balaban J connectivity index is 1.89. The number of hydrogen-bond donors (Lipinski definition) is 1. The van der Waals surface area contributed by atoms with E-state index in [1.807, 2.05) is 0 Å². The van der Waals surface area contributed by atoms with Crippen LogP contribution in [0.2, 0.25) is 0 Å². The van der Waals surface area contributed by atoms with Gasteiger partial charge in [-0.3, -0.25) is 4.98 Å². The summed E-state index contributed by atoms with van der Waals surface area (Å²) in [6, 6.07) is 3.17. The van der Waals surface area contributed by atoms with E-state index < -0.39 is 10.0 Å². The van der Waals surface area contributed by atoms with Crippen LogP contribution >= 0.6 is 0 Å². The third kappa shape index (κ3) is 2.36. The summed E-state index contributed by atoms with van der Waals surface area (Å²) in [4.78, 5) is 4.15. The van der Waals surface area contributed by atoms with E-state index in [0.717, 1.165) is 32.1 Å². The molecule has 3 rings (SSSR count). The molecule has 6 heteroatoms. The number of pyridine rings is 1. The maximum absolute atomic E-state index is 12.7. The van der Waals surface area contributed by atoms with Crippen LogP contribution in [-0.4, -0.2) is 41.5 Å². The zero-order chi connectivity index (χ0) is 14.2. The molecule has 3 unspecified atom stereocenters. The second-order valence-electron chi connectivity index (χ2n) is 5.68. The lowest BCUT2D eigenvalue weighted by Crippen LogP contribution is -2.42. The van der Waals surface area contributed by atoms with Gasteiger partial charge in [0.2, 0.25) is 10.0 Å². The highest BCUT2D eigenvalue weighted by Gasteiger charge is 2.43. The highest BCUT2D eigenvalue weighted by atomic mass is 32.2. The van der Waals surface area contributed by atoms with Crippen molar-refractivity contribution in [2.45, 2.75) is 49.1 Å². The topological polar surface area (TPSA) is 70.5 Å². The molecule has 1 aromatic rings. The summed E-state index contributed by atoms with van der Waals surface area (Å²) in [5.74, 6) is 0.0870. The van der Waals surface area contributed by atoms with Crippen LogP contribution in [0.25, 0.3) is 0 Å². The van der Waals surface area contributed by atoms with E-state index in [1.54, 1.807) is 22.6 Å². The van der Waals surface area contributed by atoms with Gasteiger partial charge >= 0.3 is 0 Å². The normalized spacial score (nSPS) is 31.8. The summed E-state index contributed by atoms with van der Waals surface area (Å²) in [6.07, 6.45) is 7.03. The number of sulfonamides is 1. The van der Waals surface area contributed by atoms with Crippen molar-refractivity contribution in [1.82, 2.24) is 9.29 Å². The molecule has 5 nitrogen and oxygen atoms in total. The Morgan fingerprint density at radius 3 is 2.75 bits per heavy atom. The predicted octanol–water partition coefficient (Wildman–Crippen LogP) is 1.40. The number of rotatable bonds is 3. The molecule has 1 saturated heterocycles. The lowest BCUT2D eigenvalue weighted by atomic mass is 9.95. The molecule has 2 fully saturated rings. The average molecular weight is 296 g/mol. The molecule has 20 heavy (non-hydrogen) atoms. The highest BCUT2D eigenvalue weighted by molar-refractivity contribution is 7.89. The summed E-state index contributed by atoms with van der Waals surface area (Å²) in [6.45, 7) is 0.547. The molecule has 0 bridgehead atoms. The summed E-state index contributed by atoms with van der Waals surface area (Å²) in [7, 11) is -3.49. The smallest absolute Gasteiger partial charge is 0.244 e. The number of aromatic nitrogens is 1. The van der Waals surface area contributed by atoms with Crippen molar-refractivity contribution in [3.8, 4) is 0 Å². The summed E-state index contributed by atoms with van der Waals surface area (Å²) in [5.41, 5.74) is 0. The maximum atomic E-state index is 12.7. The molecule has 0 amide bonds. The second kappa shape index (κ2) is 5.42. The number of aliphatic hydroxyl groups is 1. The molecule has 1 aliphatic heterocycles. The van der Waals surface area contributed by atoms with E-state index in [0.29, 0.717) is 6.54 Å².